The molecule has 7 nitrogen and oxygen atoms in total. The molecule has 0 bridgehead atoms. The van der Waals surface area contributed by atoms with E-state index < -0.39 is 23.7 Å². The number of amides is 2. The molecule has 2 heterocycles. The molecule has 214 valence electrons. The van der Waals surface area contributed by atoms with Crippen molar-refractivity contribution in [2.24, 2.45) is 17.8 Å². The summed E-state index contributed by atoms with van der Waals surface area (Å²) in [6.45, 7) is 13.5. The SMILES string of the molecule is CC[C@@H]1CCCN(C(=O)OC(C)(C)C)[C@@H]1C(=O)C[C@H](C#N)Cc1ccc(C2CCN(C(=O)C(C)C)CC2)cc1. The maximum Gasteiger partial charge on any atom is 0.410 e. The molecule has 0 radical (unpaired) electrons. The molecular formula is C32H47N3O4. The number of carbonyl (C=O) groups excluding carboxylic acids is 3. The molecule has 0 spiro atoms. The summed E-state index contributed by atoms with van der Waals surface area (Å²) >= 11 is 0. The fraction of sp³-hybridized carbons (Fsp3) is 0.688. The van der Waals surface area contributed by atoms with E-state index >= 15 is 0 Å². The van der Waals surface area contributed by atoms with Gasteiger partial charge >= 0.3 is 6.09 Å². The van der Waals surface area contributed by atoms with Gasteiger partial charge in [0.15, 0.2) is 5.78 Å². The van der Waals surface area contributed by atoms with Crippen molar-refractivity contribution < 1.29 is 19.1 Å². The number of piperidine rings is 2. The summed E-state index contributed by atoms with van der Waals surface area (Å²) < 4.78 is 5.62. The van der Waals surface area contributed by atoms with E-state index in [0.717, 1.165) is 50.8 Å². The summed E-state index contributed by atoms with van der Waals surface area (Å²) in [5.74, 6) is 0.284. The lowest BCUT2D eigenvalue weighted by Crippen LogP contribution is -2.54. The zero-order valence-electron chi connectivity index (χ0n) is 24.7. The number of hydrogen-bond donors (Lipinski definition) is 0. The van der Waals surface area contributed by atoms with Crippen LogP contribution in [0.4, 0.5) is 4.79 Å². The number of rotatable bonds is 8. The predicted molar refractivity (Wildman–Crippen MR) is 152 cm³/mol. The van der Waals surface area contributed by atoms with Crippen LogP contribution in [0, 0.1) is 29.1 Å². The topological polar surface area (TPSA) is 90.7 Å². The Bertz CT molecular complexity index is 1030. The van der Waals surface area contributed by atoms with Crippen LogP contribution >= 0.6 is 0 Å². The van der Waals surface area contributed by atoms with Crippen molar-refractivity contribution in [3.05, 3.63) is 35.4 Å². The molecule has 39 heavy (non-hydrogen) atoms. The van der Waals surface area contributed by atoms with Gasteiger partial charge < -0.3 is 9.64 Å². The van der Waals surface area contributed by atoms with Crippen LogP contribution in [0.5, 0.6) is 0 Å². The fourth-order valence-electron chi connectivity index (χ4n) is 6.00. The summed E-state index contributed by atoms with van der Waals surface area (Å²) in [5.41, 5.74) is 1.67. The zero-order chi connectivity index (χ0) is 28.7. The first-order valence-corrected chi connectivity index (χ1v) is 14.7. The molecule has 3 rings (SSSR count). The number of nitriles is 1. The summed E-state index contributed by atoms with van der Waals surface area (Å²) in [6, 6.07) is 10.2. The van der Waals surface area contributed by atoms with Crippen molar-refractivity contribution in [1.29, 1.82) is 5.26 Å². The molecule has 2 fully saturated rings. The lowest BCUT2D eigenvalue weighted by atomic mass is 9.81. The minimum Gasteiger partial charge on any atom is -0.444 e. The summed E-state index contributed by atoms with van der Waals surface area (Å²) in [4.78, 5) is 42.4. The van der Waals surface area contributed by atoms with Crippen molar-refractivity contribution >= 4 is 17.8 Å². The number of ether oxygens (including phenoxy) is 1. The van der Waals surface area contributed by atoms with E-state index in [-0.39, 0.29) is 29.9 Å². The number of benzene rings is 1. The van der Waals surface area contributed by atoms with Crippen LogP contribution < -0.4 is 0 Å². The van der Waals surface area contributed by atoms with Crippen LogP contribution in [0.25, 0.3) is 0 Å². The van der Waals surface area contributed by atoms with Gasteiger partial charge in [0.1, 0.15) is 5.60 Å². The maximum atomic E-state index is 13.6. The number of nitrogens with zero attached hydrogens (tertiary/aromatic N) is 3. The monoisotopic (exact) mass is 537 g/mol. The van der Waals surface area contributed by atoms with E-state index in [0.29, 0.717) is 18.9 Å². The number of likely N-dealkylation sites (tertiary alicyclic amines) is 2. The van der Waals surface area contributed by atoms with Crippen molar-refractivity contribution in [1.82, 2.24) is 9.80 Å². The van der Waals surface area contributed by atoms with E-state index in [1.807, 2.05) is 39.5 Å². The minimum absolute atomic E-state index is 0.0344. The van der Waals surface area contributed by atoms with Gasteiger partial charge in [0.25, 0.3) is 0 Å². The molecule has 0 unspecified atom stereocenters. The van der Waals surface area contributed by atoms with Gasteiger partial charge in [-0.05, 0) is 75.8 Å². The van der Waals surface area contributed by atoms with E-state index in [9.17, 15) is 19.6 Å². The van der Waals surface area contributed by atoms with Crippen LogP contribution in [0.3, 0.4) is 0 Å². The standard InChI is InChI=1S/C32H47N3O4/c1-7-25-9-8-16-35(31(38)39-32(4,5)6)29(25)28(36)20-24(21-33)19-23-10-12-26(13-11-23)27-14-17-34(18-15-27)30(37)22(2)3/h10-13,22,24-25,27,29H,7-9,14-20H2,1-6H3/t24-,25-,29+/m1/s1. The number of Topliss-reactive ketones (excluding diaryl/α,β-unsaturated/α-hetero) is 1. The molecule has 0 aliphatic carbocycles. The Kier molecular flexibility index (Phi) is 10.6. The Balaban J connectivity index is 1.61. The smallest absolute Gasteiger partial charge is 0.410 e. The highest BCUT2D eigenvalue weighted by molar-refractivity contribution is 5.88. The lowest BCUT2D eigenvalue weighted by Gasteiger charge is -2.40. The van der Waals surface area contributed by atoms with Crippen molar-refractivity contribution in [2.75, 3.05) is 19.6 Å². The second-order valence-electron chi connectivity index (χ2n) is 12.6. The average Bonchev–Trinajstić information content (AvgIpc) is 2.91. The molecular weight excluding hydrogens is 490 g/mol. The van der Waals surface area contributed by atoms with Crippen molar-refractivity contribution in [2.45, 2.75) is 104 Å². The zero-order valence-corrected chi connectivity index (χ0v) is 24.7. The van der Waals surface area contributed by atoms with Gasteiger partial charge in [0.2, 0.25) is 5.91 Å². The molecule has 2 aliphatic heterocycles. The Morgan fingerprint density at radius 2 is 1.69 bits per heavy atom. The summed E-state index contributed by atoms with van der Waals surface area (Å²) in [7, 11) is 0. The van der Waals surface area contributed by atoms with Gasteiger partial charge in [-0.15, -0.1) is 0 Å². The Morgan fingerprint density at radius 1 is 1.05 bits per heavy atom. The summed E-state index contributed by atoms with van der Waals surface area (Å²) in [6.07, 6.45) is 4.66. The van der Waals surface area contributed by atoms with E-state index in [1.165, 1.54) is 5.56 Å². The number of hydrogen-bond acceptors (Lipinski definition) is 5. The highest BCUT2D eigenvalue weighted by Crippen LogP contribution is 2.32. The quantitative estimate of drug-likeness (QED) is 0.399. The van der Waals surface area contributed by atoms with E-state index in [1.54, 1.807) is 4.90 Å². The van der Waals surface area contributed by atoms with Gasteiger partial charge in [-0.25, -0.2) is 4.79 Å². The van der Waals surface area contributed by atoms with Crippen LogP contribution in [0.1, 0.15) is 97.1 Å². The third-order valence-corrected chi connectivity index (χ3v) is 8.10. The maximum absolute atomic E-state index is 13.6. The molecule has 1 aromatic carbocycles. The highest BCUT2D eigenvalue weighted by Gasteiger charge is 2.40. The highest BCUT2D eigenvalue weighted by atomic mass is 16.6. The molecule has 0 N–H and O–H groups in total. The first-order valence-electron chi connectivity index (χ1n) is 14.7. The van der Waals surface area contributed by atoms with Crippen LogP contribution in [-0.2, 0) is 20.7 Å². The first kappa shape index (κ1) is 30.7. The van der Waals surface area contributed by atoms with Crippen molar-refractivity contribution in [3.8, 4) is 6.07 Å². The van der Waals surface area contributed by atoms with Crippen molar-refractivity contribution in [3.63, 3.8) is 0 Å². The molecule has 2 amide bonds. The van der Waals surface area contributed by atoms with Gasteiger partial charge in [-0.1, -0.05) is 51.5 Å². The largest absolute Gasteiger partial charge is 0.444 e. The molecule has 0 saturated carbocycles. The first-order chi connectivity index (χ1) is 18.4. The van der Waals surface area contributed by atoms with Gasteiger partial charge in [0, 0.05) is 32.0 Å². The third-order valence-electron chi connectivity index (χ3n) is 8.10. The molecule has 2 saturated heterocycles. The van der Waals surface area contributed by atoms with E-state index in [2.05, 4.69) is 37.3 Å². The third kappa shape index (κ3) is 8.30. The number of carbonyl (C=O) groups is 3. The van der Waals surface area contributed by atoms with Gasteiger partial charge in [-0.2, -0.15) is 5.26 Å². The Labute approximate surface area is 234 Å². The Hall–Kier alpha value is -2.88. The average molecular weight is 538 g/mol. The molecule has 1 aromatic rings. The minimum atomic E-state index is -0.631. The van der Waals surface area contributed by atoms with Gasteiger partial charge in [-0.3, -0.25) is 14.5 Å². The number of ketones is 1. The van der Waals surface area contributed by atoms with Crippen LogP contribution in [0.15, 0.2) is 24.3 Å². The second kappa shape index (κ2) is 13.5. The normalized spacial score (nSPS) is 21.4. The molecule has 2 aliphatic rings. The molecule has 0 aromatic heterocycles. The predicted octanol–water partition coefficient (Wildman–Crippen LogP) is 6.12. The molecule has 3 atom stereocenters. The van der Waals surface area contributed by atoms with E-state index in [4.69, 9.17) is 4.74 Å². The van der Waals surface area contributed by atoms with Crippen LogP contribution in [-0.4, -0.2) is 58.9 Å². The summed E-state index contributed by atoms with van der Waals surface area (Å²) in [5, 5.41) is 9.91. The second-order valence-corrected chi connectivity index (χ2v) is 12.6. The Morgan fingerprint density at radius 3 is 2.23 bits per heavy atom. The lowest BCUT2D eigenvalue weighted by molar-refractivity contribution is -0.135. The van der Waals surface area contributed by atoms with Crippen LogP contribution in [0.2, 0.25) is 0 Å². The van der Waals surface area contributed by atoms with Gasteiger partial charge in [0.05, 0.1) is 18.0 Å². The fourth-order valence-corrected chi connectivity index (χ4v) is 6.00. The molecule has 7 heteroatoms.